The molecule has 2 saturated heterocycles. The number of amides is 1. The number of piperidine rings is 1. The van der Waals surface area contributed by atoms with Crippen LogP contribution in [0.3, 0.4) is 0 Å². The number of carbonyl (C=O) groups excluding carboxylic acids is 1. The minimum absolute atomic E-state index is 0.0622. The van der Waals surface area contributed by atoms with E-state index in [2.05, 4.69) is 31.7 Å². The molecular weight excluding hydrogens is 518 g/mol. The van der Waals surface area contributed by atoms with Crippen LogP contribution in [0.2, 0.25) is 5.02 Å². The van der Waals surface area contributed by atoms with Crippen LogP contribution in [0.4, 0.5) is 8.78 Å². The summed E-state index contributed by atoms with van der Waals surface area (Å²) in [4.78, 5) is 18.1. The van der Waals surface area contributed by atoms with Crippen LogP contribution in [-0.2, 0) is 4.79 Å². The molecule has 0 unspecified atom stereocenters. The summed E-state index contributed by atoms with van der Waals surface area (Å²) in [5.41, 5.74) is 4.44. The fourth-order valence-electron chi connectivity index (χ4n) is 6.21. The van der Waals surface area contributed by atoms with Crippen molar-refractivity contribution in [2.75, 3.05) is 26.2 Å². The normalized spacial score (nSPS) is 21.1. The standard InChI is InChI=1S/C31H37ClF2N4O/c1-19-14-22(32)6-9-28(19)38-29(15-20(2)35-38)21-10-12-36(13-11-21)30(39)26-18-37(31(3,4)5)17-25(26)24-8-7-23(33)16-27(24)34/h6-9,14-16,21,25-26H,10-13,17-18H2,1-5H3/t25-,26+/m0/s1. The summed E-state index contributed by atoms with van der Waals surface area (Å²) in [5.74, 6) is -1.53. The fraction of sp³-hybridized carbons (Fsp3) is 0.484. The van der Waals surface area contributed by atoms with Crippen LogP contribution in [0.25, 0.3) is 5.69 Å². The number of likely N-dealkylation sites (tertiary alicyclic amines) is 2. The number of benzene rings is 2. The van der Waals surface area contributed by atoms with Crippen molar-refractivity contribution >= 4 is 17.5 Å². The van der Waals surface area contributed by atoms with E-state index in [1.165, 1.54) is 12.1 Å². The second-order valence-electron chi connectivity index (χ2n) is 12.1. The molecule has 8 heteroatoms. The predicted molar refractivity (Wildman–Crippen MR) is 151 cm³/mol. The van der Waals surface area contributed by atoms with E-state index in [4.69, 9.17) is 16.7 Å². The molecule has 0 radical (unpaired) electrons. The highest BCUT2D eigenvalue weighted by atomic mass is 35.5. The van der Waals surface area contributed by atoms with Gasteiger partial charge in [-0.05, 0) is 88.9 Å². The van der Waals surface area contributed by atoms with Crippen molar-refractivity contribution in [3.63, 3.8) is 0 Å². The van der Waals surface area contributed by atoms with E-state index < -0.39 is 11.6 Å². The Morgan fingerprint density at radius 3 is 2.36 bits per heavy atom. The van der Waals surface area contributed by atoms with Crippen LogP contribution in [0.15, 0.2) is 42.5 Å². The summed E-state index contributed by atoms with van der Waals surface area (Å²) in [6.07, 6.45) is 1.66. The van der Waals surface area contributed by atoms with Crippen molar-refractivity contribution in [2.24, 2.45) is 5.92 Å². The minimum atomic E-state index is -0.602. The van der Waals surface area contributed by atoms with Crippen LogP contribution >= 0.6 is 11.6 Å². The molecular formula is C31H37ClF2N4O. The van der Waals surface area contributed by atoms with Gasteiger partial charge in [-0.2, -0.15) is 5.10 Å². The summed E-state index contributed by atoms with van der Waals surface area (Å²) in [5, 5.41) is 5.48. The summed E-state index contributed by atoms with van der Waals surface area (Å²) in [6, 6.07) is 11.7. The molecule has 208 valence electrons. The van der Waals surface area contributed by atoms with E-state index in [9.17, 15) is 13.6 Å². The number of aryl methyl sites for hydroxylation is 2. The Morgan fingerprint density at radius 1 is 1.00 bits per heavy atom. The SMILES string of the molecule is Cc1cc(C2CCN(C(=O)[C@@H]3CN(C(C)(C)C)C[C@H]3c3ccc(F)cc3F)CC2)n(-c2ccc(Cl)cc2C)n1. The van der Waals surface area contributed by atoms with E-state index in [0.717, 1.165) is 41.5 Å². The van der Waals surface area contributed by atoms with Gasteiger partial charge in [0.25, 0.3) is 0 Å². The zero-order chi connectivity index (χ0) is 28.1. The second-order valence-corrected chi connectivity index (χ2v) is 12.5. The molecule has 5 nitrogen and oxygen atoms in total. The lowest BCUT2D eigenvalue weighted by Crippen LogP contribution is -2.44. The summed E-state index contributed by atoms with van der Waals surface area (Å²) in [7, 11) is 0. The number of hydrogen-bond donors (Lipinski definition) is 0. The van der Waals surface area contributed by atoms with Gasteiger partial charge in [0.05, 0.1) is 17.3 Å². The molecule has 1 amide bonds. The lowest BCUT2D eigenvalue weighted by molar-refractivity contribution is -0.136. The zero-order valence-electron chi connectivity index (χ0n) is 23.3. The Morgan fingerprint density at radius 2 is 1.72 bits per heavy atom. The van der Waals surface area contributed by atoms with Gasteiger partial charge in [-0.15, -0.1) is 0 Å². The first kappa shape index (κ1) is 27.8. The highest BCUT2D eigenvalue weighted by Gasteiger charge is 2.44. The Bertz CT molecular complexity index is 1370. The lowest BCUT2D eigenvalue weighted by Gasteiger charge is -2.35. The van der Waals surface area contributed by atoms with Crippen LogP contribution in [0.5, 0.6) is 0 Å². The van der Waals surface area contributed by atoms with Gasteiger partial charge in [0.1, 0.15) is 11.6 Å². The van der Waals surface area contributed by atoms with Crippen molar-refractivity contribution in [2.45, 2.75) is 64.8 Å². The average molecular weight is 555 g/mol. The minimum Gasteiger partial charge on any atom is -0.342 e. The molecule has 0 bridgehead atoms. The van der Waals surface area contributed by atoms with Gasteiger partial charge < -0.3 is 4.90 Å². The van der Waals surface area contributed by atoms with Crippen molar-refractivity contribution in [3.8, 4) is 5.69 Å². The molecule has 3 aromatic rings. The van der Waals surface area contributed by atoms with Crippen molar-refractivity contribution in [3.05, 3.63) is 81.6 Å². The number of hydrogen-bond acceptors (Lipinski definition) is 3. The zero-order valence-corrected chi connectivity index (χ0v) is 24.1. The summed E-state index contributed by atoms with van der Waals surface area (Å²) < 4.78 is 30.6. The molecule has 2 aliphatic heterocycles. The monoisotopic (exact) mass is 554 g/mol. The van der Waals surface area contributed by atoms with Gasteiger partial charge in [-0.1, -0.05) is 17.7 Å². The first-order valence-corrected chi connectivity index (χ1v) is 14.1. The highest BCUT2D eigenvalue weighted by Crippen LogP contribution is 2.40. The van der Waals surface area contributed by atoms with Crippen molar-refractivity contribution in [1.29, 1.82) is 0 Å². The Balaban J connectivity index is 1.34. The number of aromatic nitrogens is 2. The smallest absolute Gasteiger partial charge is 0.227 e. The molecule has 0 spiro atoms. The second kappa shape index (κ2) is 10.7. The molecule has 2 aromatic carbocycles. The van der Waals surface area contributed by atoms with Gasteiger partial charge in [0, 0.05) is 60.3 Å². The Labute approximate surface area is 234 Å². The van der Waals surface area contributed by atoms with Gasteiger partial charge in [-0.3, -0.25) is 9.69 Å². The molecule has 2 atom stereocenters. The van der Waals surface area contributed by atoms with Crippen LogP contribution < -0.4 is 0 Å². The third-order valence-electron chi connectivity index (χ3n) is 8.42. The van der Waals surface area contributed by atoms with Gasteiger partial charge in [-0.25, -0.2) is 13.5 Å². The van der Waals surface area contributed by atoms with Crippen molar-refractivity contribution < 1.29 is 13.6 Å². The molecule has 39 heavy (non-hydrogen) atoms. The van der Waals surface area contributed by atoms with Crippen LogP contribution in [0, 0.1) is 31.4 Å². The Hall–Kier alpha value is -2.77. The van der Waals surface area contributed by atoms with E-state index >= 15 is 0 Å². The molecule has 3 heterocycles. The van der Waals surface area contributed by atoms with E-state index in [-0.39, 0.29) is 29.2 Å². The first-order valence-electron chi connectivity index (χ1n) is 13.7. The maximum Gasteiger partial charge on any atom is 0.227 e. The lowest BCUT2D eigenvalue weighted by atomic mass is 9.86. The van der Waals surface area contributed by atoms with Gasteiger partial charge in [0.15, 0.2) is 0 Å². The number of nitrogens with zero attached hydrogens (tertiary/aromatic N) is 4. The molecule has 2 aliphatic rings. The highest BCUT2D eigenvalue weighted by molar-refractivity contribution is 6.30. The topological polar surface area (TPSA) is 41.4 Å². The third-order valence-corrected chi connectivity index (χ3v) is 8.65. The van der Waals surface area contributed by atoms with Crippen LogP contribution in [-0.4, -0.2) is 57.2 Å². The van der Waals surface area contributed by atoms with E-state index in [0.29, 0.717) is 36.8 Å². The Kier molecular flexibility index (Phi) is 7.59. The molecule has 0 saturated carbocycles. The maximum absolute atomic E-state index is 14.9. The summed E-state index contributed by atoms with van der Waals surface area (Å²) >= 11 is 6.19. The molecule has 5 rings (SSSR count). The van der Waals surface area contributed by atoms with Gasteiger partial charge >= 0.3 is 0 Å². The largest absolute Gasteiger partial charge is 0.342 e. The first-order chi connectivity index (χ1) is 18.4. The number of rotatable bonds is 4. The van der Waals surface area contributed by atoms with E-state index in [1.54, 1.807) is 0 Å². The average Bonchev–Trinajstić information content (AvgIpc) is 3.48. The number of halogens is 3. The summed E-state index contributed by atoms with van der Waals surface area (Å²) in [6.45, 7) is 12.8. The molecule has 0 aliphatic carbocycles. The van der Waals surface area contributed by atoms with Crippen LogP contribution in [0.1, 0.15) is 68.0 Å². The number of carbonyl (C=O) groups is 1. The van der Waals surface area contributed by atoms with Gasteiger partial charge in [0.2, 0.25) is 5.91 Å². The predicted octanol–water partition coefficient (Wildman–Crippen LogP) is 6.64. The maximum atomic E-state index is 14.9. The molecule has 0 N–H and O–H groups in total. The molecule has 2 fully saturated rings. The van der Waals surface area contributed by atoms with E-state index in [1.807, 2.05) is 41.6 Å². The van der Waals surface area contributed by atoms with Crippen molar-refractivity contribution in [1.82, 2.24) is 19.6 Å². The third kappa shape index (κ3) is 5.62. The quantitative estimate of drug-likeness (QED) is 0.363. The molecule has 1 aromatic heterocycles. The fourth-order valence-corrected chi connectivity index (χ4v) is 6.44.